The van der Waals surface area contributed by atoms with Crippen LogP contribution in [-0.2, 0) is 5.41 Å². The molecule has 1 saturated heterocycles. The van der Waals surface area contributed by atoms with Crippen LogP contribution in [0.1, 0.15) is 36.7 Å². The number of amides is 1. The number of carbonyl (C=O) groups is 1. The first kappa shape index (κ1) is 16.4. The number of carbonyl (C=O) groups excluding carboxylic acids is 1. The number of aromatic nitrogens is 2. The van der Waals surface area contributed by atoms with Crippen LogP contribution < -0.4 is 4.74 Å². The monoisotopic (exact) mass is 329 g/mol. The van der Waals surface area contributed by atoms with Crippen LogP contribution in [0, 0.1) is 5.82 Å². The summed E-state index contributed by atoms with van der Waals surface area (Å²) in [5.74, 6) is 0.288. The summed E-state index contributed by atoms with van der Waals surface area (Å²) in [4.78, 5) is 21.6. The van der Waals surface area contributed by atoms with E-state index in [1.54, 1.807) is 11.0 Å². The molecule has 1 fully saturated rings. The lowest BCUT2D eigenvalue weighted by molar-refractivity contribution is 0.0170. The van der Waals surface area contributed by atoms with E-state index in [0.717, 1.165) is 5.56 Å². The quantitative estimate of drug-likeness (QED) is 0.869. The summed E-state index contributed by atoms with van der Waals surface area (Å²) in [6, 6.07) is 4.57. The van der Waals surface area contributed by atoms with Crippen molar-refractivity contribution < 1.29 is 13.9 Å². The molecule has 1 aromatic heterocycles. The van der Waals surface area contributed by atoms with Gasteiger partial charge in [0.1, 0.15) is 24.0 Å². The highest BCUT2D eigenvalue weighted by Gasteiger charge is 2.34. The summed E-state index contributed by atoms with van der Waals surface area (Å²) < 4.78 is 19.5. The topological polar surface area (TPSA) is 55.3 Å². The molecule has 5 nitrogen and oxygen atoms in total. The number of ether oxygens (including phenoxy) is 1. The molecule has 0 saturated carbocycles. The largest absolute Gasteiger partial charge is 0.486 e. The van der Waals surface area contributed by atoms with E-state index in [1.807, 2.05) is 20.8 Å². The van der Waals surface area contributed by atoms with Gasteiger partial charge in [-0.15, -0.1) is 0 Å². The standard InChI is InChI=1S/C18H20FN3O2/c1-18(2,3)15-6-13(19)4-5-16(15)24-14-9-22(10-14)17(23)12-7-20-11-21-8-12/h4-8,11,14H,9-10H2,1-3H3. The second kappa shape index (κ2) is 6.19. The van der Waals surface area contributed by atoms with E-state index in [2.05, 4.69) is 9.97 Å². The van der Waals surface area contributed by atoms with Crippen LogP contribution in [0.2, 0.25) is 0 Å². The van der Waals surface area contributed by atoms with Crippen LogP contribution >= 0.6 is 0 Å². The molecule has 0 atom stereocenters. The lowest BCUT2D eigenvalue weighted by Gasteiger charge is -2.39. The Balaban J connectivity index is 1.65. The predicted molar refractivity (Wildman–Crippen MR) is 87.5 cm³/mol. The number of nitrogens with zero attached hydrogens (tertiary/aromatic N) is 3. The Morgan fingerprint density at radius 2 is 1.92 bits per heavy atom. The normalized spacial score (nSPS) is 15.1. The molecule has 0 spiro atoms. The summed E-state index contributed by atoms with van der Waals surface area (Å²) in [6.07, 6.45) is 4.30. The molecular weight excluding hydrogens is 309 g/mol. The molecular formula is C18H20FN3O2. The van der Waals surface area contributed by atoms with Gasteiger partial charge in [0.05, 0.1) is 18.7 Å². The average Bonchev–Trinajstić information content (AvgIpc) is 2.51. The number of rotatable bonds is 3. The zero-order chi connectivity index (χ0) is 17.3. The number of halogens is 1. The number of benzene rings is 1. The predicted octanol–water partition coefficient (Wildman–Crippen LogP) is 2.82. The molecule has 2 heterocycles. The van der Waals surface area contributed by atoms with E-state index in [0.29, 0.717) is 24.4 Å². The molecule has 2 aromatic rings. The Bertz CT molecular complexity index is 738. The number of hydrogen-bond acceptors (Lipinski definition) is 4. The molecule has 1 amide bonds. The molecule has 0 radical (unpaired) electrons. The molecule has 1 aliphatic rings. The fourth-order valence-corrected chi connectivity index (χ4v) is 2.64. The third-order valence-electron chi connectivity index (χ3n) is 3.99. The van der Waals surface area contributed by atoms with Crippen LogP contribution in [0.15, 0.2) is 36.9 Å². The summed E-state index contributed by atoms with van der Waals surface area (Å²) in [5.41, 5.74) is 1.06. The van der Waals surface area contributed by atoms with Gasteiger partial charge in [-0.2, -0.15) is 0 Å². The average molecular weight is 329 g/mol. The number of likely N-dealkylation sites (tertiary alicyclic amines) is 1. The van der Waals surface area contributed by atoms with Gasteiger partial charge in [0.2, 0.25) is 0 Å². The molecule has 1 aliphatic heterocycles. The molecule has 0 aliphatic carbocycles. The Morgan fingerprint density at radius 1 is 1.25 bits per heavy atom. The van der Waals surface area contributed by atoms with E-state index in [-0.39, 0.29) is 23.2 Å². The maximum atomic E-state index is 13.5. The maximum absolute atomic E-state index is 13.5. The highest BCUT2D eigenvalue weighted by molar-refractivity contribution is 5.94. The second-order valence-corrected chi connectivity index (χ2v) is 6.97. The highest BCUT2D eigenvalue weighted by Crippen LogP contribution is 2.33. The van der Waals surface area contributed by atoms with Gasteiger partial charge in [0.25, 0.3) is 5.91 Å². The zero-order valence-electron chi connectivity index (χ0n) is 14.0. The van der Waals surface area contributed by atoms with Gasteiger partial charge in [-0.25, -0.2) is 14.4 Å². The van der Waals surface area contributed by atoms with Gasteiger partial charge in [-0.1, -0.05) is 20.8 Å². The van der Waals surface area contributed by atoms with Crippen molar-refractivity contribution in [2.75, 3.05) is 13.1 Å². The summed E-state index contributed by atoms with van der Waals surface area (Å²) in [7, 11) is 0. The first-order chi connectivity index (χ1) is 11.3. The van der Waals surface area contributed by atoms with E-state index >= 15 is 0 Å². The van der Waals surface area contributed by atoms with Gasteiger partial charge in [-0.3, -0.25) is 4.79 Å². The molecule has 0 bridgehead atoms. The lowest BCUT2D eigenvalue weighted by Crippen LogP contribution is -2.56. The van der Waals surface area contributed by atoms with Gasteiger partial charge >= 0.3 is 0 Å². The first-order valence-electron chi connectivity index (χ1n) is 7.85. The second-order valence-electron chi connectivity index (χ2n) is 6.97. The van der Waals surface area contributed by atoms with E-state index < -0.39 is 0 Å². The molecule has 3 rings (SSSR count). The number of hydrogen-bond donors (Lipinski definition) is 0. The Labute approximate surface area is 140 Å². The van der Waals surface area contributed by atoms with Gasteiger partial charge < -0.3 is 9.64 Å². The van der Waals surface area contributed by atoms with Crippen molar-refractivity contribution in [3.05, 3.63) is 53.9 Å². The van der Waals surface area contributed by atoms with Crippen molar-refractivity contribution in [1.82, 2.24) is 14.9 Å². The minimum Gasteiger partial charge on any atom is -0.486 e. The van der Waals surface area contributed by atoms with Crippen LogP contribution in [0.5, 0.6) is 5.75 Å². The van der Waals surface area contributed by atoms with Crippen molar-refractivity contribution in [1.29, 1.82) is 0 Å². The van der Waals surface area contributed by atoms with Gasteiger partial charge in [0.15, 0.2) is 0 Å². The van der Waals surface area contributed by atoms with Crippen molar-refractivity contribution in [2.45, 2.75) is 32.3 Å². The van der Waals surface area contributed by atoms with Crippen LogP contribution in [-0.4, -0.2) is 40.0 Å². The summed E-state index contributed by atoms with van der Waals surface area (Å²) in [5, 5.41) is 0. The van der Waals surface area contributed by atoms with E-state index in [9.17, 15) is 9.18 Å². The smallest absolute Gasteiger partial charge is 0.257 e. The summed E-state index contributed by atoms with van der Waals surface area (Å²) in [6.45, 7) is 7.03. The minimum atomic E-state index is -0.276. The molecule has 0 unspecified atom stereocenters. The highest BCUT2D eigenvalue weighted by atomic mass is 19.1. The van der Waals surface area contributed by atoms with Crippen LogP contribution in [0.4, 0.5) is 4.39 Å². The minimum absolute atomic E-state index is 0.0925. The zero-order valence-corrected chi connectivity index (χ0v) is 14.0. The lowest BCUT2D eigenvalue weighted by atomic mass is 9.86. The molecule has 1 aromatic carbocycles. The maximum Gasteiger partial charge on any atom is 0.257 e. The molecule has 6 heteroatoms. The van der Waals surface area contributed by atoms with Crippen molar-refractivity contribution >= 4 is 5.91 Å². The fraction of sp³-hybridized carbons (Fsp3) is 0.389. The van der Waals surface area contributed by atoms with E-state index in [4.69, 9.17) is 4.74 Å². The van der Waals surface area contributed by atoms with E-state index in [1.165, 1.54) is 30.9 Å². The van der Waals surface area contributed by atoms with Gasteiger partial charge in [0, 0.05) is 18.0 Å². The van der Waals surface area contributed by atoms with Crippen molar-refractivity contribution in [2.24, 2.45) is 0 Å². The molecule has 24 heavy (non-hydrogen) atoms. The van der Waals surface area contributed by atoms with Crippen molar-refractivity contribution in [3.63, 3.8) is 0 Å². The third kappa shape index (κ3) is 3.37. The third-order valence-corrected chi connectivity index (χ3v) is 3.99. The summed E-state index contributed by atoms with van der Waals surface area (Å²) >= 11 is 0. The van der Waals surface area contributed by atoms with Gasteiger partial charge in [-0.05, 0) is 23.6 Å². The Morgan fingerprint density at radius 3 is 2.54 bits per heavy atom. The fourth-order valence-electron chi connectivity index (χ4n) is 2.64. The first-order valence-corrected chi connectivity index (χ1v) is 7.85. The SMILES string of the molecule is CC(C)(C)c1cc(F)ccc1OC1CN(C(=O)c2cncnc2)C1. The Hall–Kier alpha value is -2.50. The Kier molecular flexibility index (Phi) is 4.22. The molecule has 126 valence electrons. The van der Waals surface area contributed by atoms with Crippen molar-refractivity contribution in [3.8, 4) is 5.75 Å². The van der Waals surface area contributed by atoms with Crippen LogP contribution in [0.3, 0.4) is 0 Å². The molecule has 0 N–H and O–H groups in total. The van der Waals surface area contributed by atoms with Crippen LogP contribution in [0.25, 0.3) is 0 Å².